The maximum Gasteiger partial charge on any atom is 0.170 e. The highest BCUT2D eigenvalue weighted by atomic mass is 16.3. The summed E-state index contributed by atoms with van der Waals surface area (Å²) in [4.78, 5) is 17.1. The predicted octanol–water partition coefficient (Wildman–Crippen LogP) is -0.306. The van der Waals surface area contributed by atoms with Crippen molar-refractivity contribution < 1.29 is 9.90 Å². The fraction of sp³-hybridized carbons (Fsp3) is 0.500. The molecule has 0 atom stereocenters. The summed E-state index contributed by atoms with van der Waals surface area (Å²) in [6.07, 6.45) is 2.93. The topological polar surface area (TPSA) is 78.0 Å². The fourth-order valence-corrected chi connectivity index (χ4v) is 0.992. The van der Waals surface area contributed by atoms with Crippen LogP contribution in [0.25, 0.3) is 0 Å². The molecule has 0 bridgehead atoms. The Morgan fingerprint density at radius 3 is 3.23 bits per heavy atom. The zero-order valence-corrected chi connectivity index (χ0v) is 7.29. The SMILES string of the molecule is O=Cc1nc[nH]c1CNCCCO. The van der Waals surface area contributed by atoms with Crippen LogP contribution < -0.4 is 5.32 Å². The minimum Gasteiger partial charge on any atom is -0.396 e. The molecule has 0 unspecified atom stereocenters. The van der Waals surface area contributed by atoms with E-state index in [4.69, 9.17) is 5.11 Å². The summed E-state index contributed by atoms with van der Waals surface area (Å²) in [7, 11) is 0. The Balaban J connectivity index is 2.31. The van der Waals surface area contributed by atoms with Crippen molar-refractivity contribution in [2.45, 2.75) is 13.0 Å². The molecule has 0 saturated heterocycles. The molecule has 0 amide bonds. The average Bonchev–Trinajstić information content (AvgIpc) is 2.60. The molecule has 13 heavy (non-hydrogen) atoms. The number of rotatable bonds is 6. The fourth-order valence-electron chi connectivity index (χ4n) is 0.992. The lowest BCUT2D eigenvalue weighted by Gasteiger charge is -2.01. The van der Waals surface area contributed by atoms with Gasteiger partial charge in [0.15, 0.2) is 6.29 Å². The van der Waals surface area contributed by atoms with E-state index >= 15 is 0 Å². The molecule has 3 N–H and O–H groups in total. The van der Waals surface area contributed by atoms with Crippen LogP contribution in [0.5, 0.6) is 0 Å². The molecular weight excluding hydrogens is 170 g/mol. The number of imidazole rings is 1. The molecule has 0 aliphatic heterocycles. The van der Waals surface area contributed by atoms with Gasteiger partial charge in [0.25, 0.3) is 0 Å². The number of aliphatic hydroxyl groups excluding tert-OH is 1. The number of aromatic amines is 1. The van der Waals surface area contributed by atoms with Crippen LogP contribution in [-0.2, 0) is 6.54 Å². The number of nitrogens with zero attached hydrogens (tertiary/aromatic N) is 1. The number of carbonyl (C=O) groups is 1. The summed E-state index contributed by atoms with van der Waals surface area (Å²) in [5, 5.41) is 11.6. The van der Waals surface area contributed by atoms with Crippen molar-refractivity contribution in [3.05, 3.63) is 17.7 Å². The second-order valence-corrected chi connectivity index (χ2v) is 2.64. The van der Waals surface area contributed by atoms with Crippen LogP contribution in [0.4, 0.5) is 0 Å². The van der Waals surface area contributed by atoms with Gasteiger partial charge < -0.3 is 15.4 Å². The lowest BCUT2D eigenvalue weighted by molar-refractivity contribution is 0.111. The highest BCUT2D eigenvalue weighted by Crippen LogP contribution is 1.97. The normalized spacial score (nSPS) is 10.2. The number of hydrogen-bond donors (Lipinski definition) is 3. The summed E-state index contributed by atoms with van der Waals surface area (Å²) in [6, 6.07) is 0. The summed E-state index contributed by atoms with van der Waals surface area (Å²) in [5.74, 6) is 0. The number of aldehydes is 1. The summed E-state index contributed by atoms with van der Waals surface area (Å²) >= 11 is 0. The first-order valence-electron chi connectivity index (χ1n) is 4.17. The molecule has 5 heteroatoms. The summed E-state index contributed by atoms with van der Waals surface area (Å²) in [5.41, 5.74) is 1.23. The molecule has 1 aromatic heterocycles. The molecule has 0 aliphatic rings. The third-order valence-electron chi connectivity index (χ3n) is 1.68. The van der Waals surface area contributed by atoms with Crippen LogP contribution in [0, 0.1) is 0 Å². The van der Waals surface area contributed by atoms with E-state index in [1.54, 1.807) is 0 Å². The second kappa shape index (κ2) is 5.45. The van der Waals surface area contributed by atoms with Gasteiger partial charge in [-0.15, -0.1) is 0 Å². The van der Waals surface area contributed by atoms with Crippen LogP contribution in [-0.4, -0.2) is 34.5 Å². The molecule has 0 radical (unpaired) electrons. The van der Waals surface area contributed by atoms with Gasteiger partial charge >= 0.3 is 0 Å². The molecule has 0 spiro atoms. The van der Waals surface area contributed by atoms with Gasteiger partial charge in [-0.05, 0) is 13.0 Å². The zero-order valence-electron chi connectivity index (χ0n) is 7.29. The van der Waals surface area contributed by atoms with E-state index in [2.05, 4.69) is 15.3 Å². The van der Waals surface area contributed by atoms with Crippen LogP contribution in [0.3, 0.4) is 0 Å². The standard InChI is InChI=1S/C8H13N3O2/c12-3-1-2-9-4-7-8(5-13)11-6-10-7/h5-6,9,12H,1-4H2,(H,10,11). The summed E-state index contributed by atoms with van der Waals surface area (Å²) < 4.78 is 0. The van der Waals surface area contributed by atoms with Gasteiger partial charge in [-0.1, -0.05) is 0 Å². The van der Waals surface area contributed by atoms with Crippen LogP contribution in [0.1, 0.15) is 22.6 Å². The molecule has 1 heterocycles. The Kier molecular flexibility index (Phi) is 4.14. The number of aliphatic hydroxyl groups is 1. The first-order chi connectivity index (χ1) is 6.38. The van der Waals surface area contributed by atoms with Gasteiger partial charge in [-0.3, -0.25) is 4.79 Å². The molecule has 0 aromatic carbocycles. The van der Waals surface area contributed by atoms with Gasteiger partial charge in [0.1, 0.15) is 5.69 Å². The lowest BCUT2D eigenvalue weighted by Crippen LogP contribution is -2.16. The van der Waals surface area contributed by atoms with E-state index in [-0.39, 0.29) is 6.61 Å². The molecular formula is C8H13N3O2. The first kappa shape index (κ1) is 9.88. The molecule has 0 aliphatic carbocycles. The van der Waals surface area contributed by atoms with Gasteiger partial charge in [-0.25, -0.2) is 4.98 Å². The Bertz CT molecular complexity index is 260. The Labute approximate surface area is 76.2 Å². The summed E-state index contributed by atoms with van der Waals surface area (Å²) in [6.45, 7) is 1.48. The van der Waals surface area contributed by atoms with E-state index in [0.717, 1.165) is 18.5 Å². The third-order valence-corrected chi connectivity index (χ3v) is 1.68. The van der Waals surface area contributed by atoms with E-state index in [0.29, 0.717) is 18.7 Å². The Hall–Kier alpha value is -1.20. The van der Waals surface area contributed by atoms with Crippen molar-refractivity contribution in [2.24, 2.45) is 0 Å². The van der Waals surface area contributed by atoms with Crippen molar-refractivity contribution in [3.63, 3.8) is 0 Å². The third kappa shape index (κ3) is 2.96. The van der Waals surface area contributed by atoms with Crippen molar-refractivity contribution in [1.29, 1.82) is 0 Å². The molecule has 5 nitrogen and oxygen atoms in total. The van der Waals surface area contributed by atoms with Crippen LogP contribution in [0.15, 0.2) is 6.33 Å². The van der Waals surface area contributed by atoms with Gasteiger partial charge in [0, 0.05) is 13.2 Å². The Morgan fingerprint density at radius 1 is 1.69 bits per heavy atom. The lowest BCUT2D eigenvalue weighted by atomic mass is 10.3. The number of carbonyl (C=O) groups excluding carboxylic acids is 1. The van der Waals surface area contributed by atoms with Crippen molar-refractivity contribution in [2.75, 3.05) is 13.2 Å². The largest absolute Gasteiger partial charge is 0.396 e. The monoisotopic (exact) mass is 183 g/mol. The molecule has 1 rings (SSSR count). The maximum absolute atomic E-state index is 10.4. The number of nitrogens with one attached hydrogen (secondary N) is 2. The van der Waals surface area contributed by atoms with E-state index in [1.165, 1.54) is 6.33 Å². The Morgan fingerprint density at radius 2 is 2.54 bits per heavy atom. The number of aromatic nitrogens is 2. The predicted molar refractivity (Wildman–Crippen MR) is 47.4 cm³/mol. The van der Waals surface area contributed by atoms with E-state index in [1.807, 2.05) is 0 Å². The highest BCUT2D eigenvalue weighted by molar-refractivity contribution is 5.73. The van der Waals surface area contributed by atoms with Crippen molar-refractivity contribution in [1.82, 2.24) is 15.3 Å². The molecule has 72 valence electrons. The van der Waals surface area contributed by atoms with E-state index in [9.17, 15) is 4.79 Å². The van der Waals surface area contributed by atoms with Crippen molar-refractivity contribution in [3.8, 4) is 0 Å². The minimum atomic E-state index is 0.177. The maximum atomic E-state index is 10.4. The smallest absolute Gasteiger partial charge is 0.170 e. The van der Waals surface area contributed by atoms with Gasteiger partial charge in [-0.2, -0.15) is 0 Å². The average molecular weight is 183 g/mol. The zero-order chi connectivity index (χ0) is 9.52. The number of H-pyrrole nitrogens is 1. The van der Waals surface area contributed by atoms with Gasteiger partial charge in [0.2, 0.25) is 0 Å². The minimum absolute atomic E-state index is 0.177. The highest BCUT2D eigenvalue weighted by Gasteiger charge is 2.02. The molecule has 0 saturated carbocycles. The quantitative estimate of drug-likeness (QED) is 0.418. The molecule has 1 aromatic rings. The first-order valence-corrected chi connectivity index (χ1v) is 4.17. The number of hydrogen-bond acceptors (Lipinski definition) is 4. The van der Waals surface area contributed by atoms with E-state index < -0.39 is 0 Å². The second-order valence-electron chi connectivity index (χ2n) is 2.64. The van der Waals surface area contributed by atoms with Crippen LogP contribution >= 0.6 is 0 Å². The molecule has 0 fully saturated rings. The van der Waals surface area contributed by atoms with Gasteiger partial charge in [0.05, 0.1) is 12.0 Å². The van der Waals surface area contributed by atoms with Crippen molar-refractivity contribution >= 4 is 6.29 Å². The van der Waals surface area contributed by atoms with Crippen LogP contribution in [0.2, 0.25) is 0 Å².